The Kier molecular flexibility index (Phi) is 5.13. The second-order valence-corrected chi connectivity index (χ2v) is 7.47. The number of imide groups is 1. The van der Waals surface area contributed by atoms with E-state index < -0.39 is 0 Å². The Labute approximate surface area is 159 Å². The minimum Gasteiger partial charge on any atom is -0.376 e. The lowest BCUT2D eigenvalue weighted by atomic mass is 10.2. The summed E-state index contributed by atoms with van der Waals surface area (Å²) >= 11 is 1.18. The van der Waals surface area contributed by atoms with Gasteiger partial charge in [0, 0.05) is 19.7 Å². The first kappa shape index (κ1) is 18.0. The number of para-hydroxylation sites is 1. The SMILES string of the molecule is O=C(CSc1nc2ccccc2c(=O)n1C[C@@H]1CCCO1)N1CCNC1=O. The number of urea groups is 1. The molecule has 2 saturated heterocycles. The molecule has 1 atom stereocenters. The average Bonchev–Trinajstić information content (AvgIpc) is 3.34. The van der Waals surface area contributed by atoms with Crippen molar-refractivity contribution in [2.45, 2.75) is 30.6 Å². The summed E-state index contributed by atoms with van der Waals surface area (Å²) in [5, 5.41) is 3.63. The molecule has 3 amide bonds. The van der Waals surface area contributed by atoms with E-state index in [4.69, 9.17) is 4.74 Å². The van der Waals surface area contributed by atoms with E-state index in [0.29, 0.717) is 42.3 Å². The lowest BCUT2D eigenvalue weighted by Crippen LogP contribution is -2.35. The number of thioether (sulfide) groups is 1. The van der Waals surface area contributed by atoms with Crippen molar-refractivity contribution in [1.82, 2.24) is 19.8 Å². The number of nitrogens with zero attached hydrogens (tertiary/aromatic N) is 3. The van der Waals surface area contributed by atoms with Gasteiger partial charge in [0.05, 0.1) is 29.3 Å². The van der Waals surface area contributed by atoms with E-state index in [1.165, 1.54) is 16.7 Å². The van der Waals surface area contributed by atoms with Crippen molar-refractivity contribution in [3.63, 3.8) is 0 Å². The number of benzene rings is 1. The van der Waals surface area contributed by atoms with E-state index in [2.05, 4.69) is 10.3 Å². The van der Waals surface area contributed by atoms with Crippen molar-refractivity contribution in [2.75, 3.05) is 25.4 Å². The van der Waals surface area contributed by atoms with E-state index in [0.717, 1.165) is 12.8 Å². The van der Waals surface area contributed by atoms with Gasteiger partial charge in [0.2, 0.25) is 5.91 Å². The quantitative estimate of drug-likeness (QED) is 0.611. The predicted molar refractivity (Wildman–Crippen MR) is 101 cm³/mol. The van der Waals surface area contributed by atoms with Crippen LogP contribution in [0.2, 0.25) is 0 Å². The Balaban J connectivity index is 1.62. The highest BCUT2D eigenvalue weighted by Gasteiger charge is 2.27. The first-order valence-electron chi connectivity index (χ1n) is 8.95. The van der Waals surface area contributed by atoms with Crippen LogP contribution in [0, 0.1) is 0 Å². The first-order chi connectivity index (χ1) is 13.1. The number of ether oxygens (including phenoxy) is 1. The Hall–Kier alpha value is -2.39. The van der Waals surface area contributed by atoms with Crippen LogP contribution in [0.5, 0.6) is 0 Å². The average molecular weight is 388 g/mol. The molecule has 9 heteroatoms. The Morgan fingerprint density at radius 2 is 2.19 bits per heavy atom. The van der Waals surface area contributed by atoms with Gasteiger partial charge in [-0.3, -0.25) is 19.1 Å². The summed E-state index contributed by atoms with van der Waals surface area (Å²) in [7, 11) is 0. The zero-order valence-electron chi connectivity index (χ0n) is 14.7. The number of rotatable bonds is 5. The lowest BCUT2D eigenvalue weighted by molar-refractivity contribution is -0.124. The van der Waals surface area contributed by atoms with E-state index in [1.807, 2.05) is 12.1 Å². The number of carbonyl (C=O) groups is 2. The molecule has 0 unspecified atom stereocenters. The fourth-order valence-corrected chi connectivity index (χ4v) is 4.21. The molecule has 2 aliphatic rings. The summed E-state index contributed by atoms with van der Waals surface area (Å²) in [6.07, 6.45) is 1.85. The van der Waals surface area contributed by atoms with E-state index in [1.54, 1.807) is 16.7 Å². The molecule has 0 bridgehead atoms. The Morgan fingerprint density at radius 1 is 1.33 bits per heavy atom. The topological polar surface area (TPSA) is 93.5 Å². The fraction of sp³-hybridized carbons (Fsp3) is 0.444. The maximum atomic E-state index is 13.0. The summed E-state index contributed by atoms with van der Waals surface area (Å²) in [5.74, 6) is -0.245. The normalized spacial score (nSPS) is 19.6. The van der Waals surface area contributed by atoms with Gasteiger partial charge in [-0.1, -0.05) is 23.9 Å². The molecule has 4 rings (SSSR count). The second-order valence-electron chi connectivity index (χ2n) is 6.53. The highest BCUT2D eigenvalue weighted by atomic mass is 32.2. The molecule has 1 aromatic carbocycles. The minimum absolute atomic E-state index is 0.0231. The third kappa shape index (κ3) is 3.70. The molecule has 3 heterocycles. The van der Waals surface area contributed by atoms with Crippen LogP contribution >= 0.6 is 11.8 Å². The summed E-state index contributed by atoms with van der Waals surface area (Å²) in [4.78, 5) is 42.8. The van der Waals surface area contributed by atoms with Crippen molar-refractivity contribution in [1.29, 1.82) is 0 Å². The fourth-order valence-electron chi connectivity index (χ4n) is 3.32. The lowest BCUT2D eigenvalue weighted by Gasteiger charge is -2.17. The van der Waals surface area contributed by atoms with Crippen LogP contribution in [0.25, 0.3) is 10.9 Å². The van der Waals surface area contributed by atoms with Crippen molar-refractivity contribution in [3.05, 3.63) is 34.6 Å². The van der Waals surface area contributed by atoms with Gasteiger partial charge < -0.3 is 10.1 Å². The summed E-state index contributed by atoms with van der Waals surface area (Å²) in [5.41, 5.74) is 0.463. The third-order valence-electron chi connectivity index (χ3n) is 4.72. The van der Waals surface area contributed by atoms with Crippen molar-refractivity contribution in [2.24, 2.45) is 0 Å². The van der Waals surface area contributed by atoms with Gasteiger partial charge in [-0.25, -0.2) is 9.78 Å². The van der Waals surface area contributed by atoms with Crippen molar-refractivity contribution >= 4 is 34.6 Å². The number of nitrogens with one attached hydrogen (secondary N) is 1. The molecule has 27 heavy (non-hydrogen) atoms. The third-order valence-corrected chi connectivity index (χ3v) is 5.68. The van der Waals surface area contributed by atoms with Gasteiger partial charge in [0.1, 0.15) is 0 Å². The standard InChI is InChI=1S/C18H20N4O4S/c23-15(21-8-7-19-17(21)25)11-27-18-20-14-6-2-1-5-13(14)16(24)22(18)10-12-4-3-9-26-12/h1-2,5-6,12H,3-4,7-11H2,(H,19,25)/t12-/m0/s1. The molecule has 0 saturated carbocycles. The zero-order chi connectivity index (χ0) is 18.8. The molecule has 0 spiro atoms. The van der Waals surface area contributed by atoms with Crippen LogP contribution in [-0.2, 0) is 16.1 Å². The van der Waals surface area contributed by atoms with E-state index >= 15 is 0 Å². The second kappa shape index (κ2) is 7.69. The maximum Gasteiger partial charge on any atom is 0.324 e. The molecule has 142 valence electrons. The highest BCUT2D eigenvalue weighted by molar-refractivity contribution is 7.99. The van der Waals surface area contributed by atoms with Gasteiger partial charge >= 0.3 is 6.03 Å². The molecule has 1 N–H and O–H groups in total. The van der Waals surface area contributed by atoms with Gasteiger partial charge in [-0.2, -0.15) is 0 Å². The number of hydrogen-bond acceptors (Lipinski definition) is 6. The molecule has 2 aliphatic heterocycles. The zero-order valence-corrected chi connectivity index (χ0v) is 15.5. The van der Waals surface area contributed by atoms with Crippen LogP contribution in [-0.4, -0.2) is 57.9 Å². The summed E-state index contributed by atoms with van der Waals surface area (Å²) in [6.45, 7) is 1.95. The van der Waals surface area contributed by atoms with Gasteiger partial charge in [-0.15, -0.1) is 0 Å². The molecule has 8 nitrogen and oxygen atoms in total. The molecule has 1 aromatic heterocycles. The van der Waals surface area contributed by atoms with Crippen LogP contribution < -0.4 is 10.9 Å². The van der Waals surface area contributed by atoms with Gasteiger partial charge in [-0.05, 0) is 25.0 Å². The molecule has 2 aromatic rings. The van der Waals surface area contributed by atoms with Crippen LogP contribution in [0.15, 0.2) is 34.2 Å². The largest absolute Gasteiger partial charge is 0.376 e. The number of amides is 3. The molecule has 2 fully saturated rings. The van der Waals surface area contributed by atoms with Crippen molar-refractivity contribution in [3.8, 4) is 0 Å². The van der Waals surface area contributed by atoms with Crippen LogP contribution in [0.3, 0.4) is 0 Å². The smallest absolute Gasteiger partial charge is 0.324 e. The molecule has 0 radical (unpaired) electrons. The van der Waals surface area contributed by atoms with E-state index in [-0.39, 0.29) is 29.4 Å². The monoisotopic (exact) mass is 388 g/mol. The highest BCUT2D eigenvalue weighted by Crippen LogP contribution is 2.21. The molecular weight excluding hydrogens is 368 g/mol. The predicted octanol–water partition coefficient (Wildman–Crippen LogP) is 1.22. The maximum absolute atomic E-state index is 13.0. The molecule has 0 aliphatic carbocycles. The van der Waals surface area contributed by atoms with Crippen LogP contribution in [0.1, 0.15) is 12.8 Å². The van der Waals surface area contributed by atoms with Crippen molar-refractivity contribution < 1.29 is 14.3 Å². The van der Waals surface area contributed by atoms with Gasteiger partial charge in [0.15, 0.2) is 5.16 Å². The Morgan fingerprint density at radius 3 is 2.93 bits per heavy atom. The van der Waals surface area contributed by atoms with Gasteiger partial charge in [0.25, 0.3) is 5.56 Å². The number of hydrogen-bond donors (Lipinski definition) is 1. The van der Waals surface area contributed by atoms with Crippen LogP contribution in [0.4, 0.5) is 4.79 Å². The number of aromatic nitrogens is 2. The number of fused-ring (bicyclic) bond motifs is 1. The minimum atomic E-state index is -0.371. The summed E-state index contributed by atoms with van der Waals surface area (Å²) < 4.78 is 7.27. The van der Waals surface area contributed by atoms with E-state index in [9.17, 15) is 14.4 Å². The first-order valence-corrected chi connectivity index (χ1v) is 9.94. The Bertz CT molecular complexity index is 939. The summed E-state index contributed by atoms with van der Waals surface area (Å²) in [6, 6.07) is 6.80. The molecular formula is C18H20N4O4S. The number of carbonyl (C=O) groups excluding carboxylic acids is 2.